The molecule has 0 aromatic carbocycles. The Morgan fingerprint density at radius 1 is 1.56 bits per heavy atom. The van der Waals surface area contributed by atoms with Gasteiger partial charge in [0.15, 0.2) is 0 Å². The summed E-state index contributed by atoms with van der Waals surface area (Å²) in [4.78, 5) is 13.3. The Kier molecular flexibility index (Phi) is 4.15. The highest BCUT2D eigenvalue weighted by Crippen LogP contribution is 2.21. The van der Waals surface area contributed by atoms with Crippen LogP contribution in [0, 0.1) is 5.92 Å². The van der Waals surface area contributed by atoms with Crippen LogP contribution in [-0.4, -0.2) is 52.6 Å². The summed E-state index contributed by atoms with van der Waals surface area (Å²) in [7, 11) is 0. The second kappa shape index (κ2) is 5.01. The van der Waals surface area contributed by atoms with Gasteiger partial charge in [-0.25, -0.2) is 4.79 Å². The molecule has 0 unspecified atom stereocenters. The fourth-order valence-corrected chi connectivity index (χ4v) is 1.74. The number of aliphatic hydroxyl groups is 2. The molecule has 0 radical (unpaired) electrons. The molecule has 5 nitrogen and oxygen atoms in total. The topological polar surface area (TPSA) is 70.0 Å². The van der Waals surface area contributed by atoms with Gasteiger partial charge in [0.1, 0.15) is 5.60 Å². The standard InChI is InChI=1S/C11H21NO4/c1-11(2,3)16-10(15)12-5-4-8(6-12)9(14)7-13/h8-9,13-14H,4-7H2,1-3H3/t8-,9-/m0/s1. The van der Waals surface area contributed by atoms with Gasteiger partial charge in [0.25, 0.3) is 0 Å². The molecule has 0 aromatic heterocycles. The summed E-state index contributed by atoms with van der Waals surface area (Å²) in [5.41, 5.74) is -0.495. The van der Waals surface area contributed by atoms with Gasteiger partial charge in [0.05, 0.1) is 12.7 Å². The predicted molar refractivity (Wildman–Crippen MR) is 59.0 cm³/mol. The molecule has 0 saturated carbocycles. The van der Waals surface area contributed by atoms with E-state index < -0.39 is 11.7 Å². The SMILES string of the molecule is CC(C)(C)OC(=O)N1CC[C@H]([C@@H](O)CO)C1. The molecule has 1 heterocycles. The van der Waals surface area contributed by atoms with Crippen molar-refractivity contribution >= 4 is 6.09 Å². The molecule has 0 bridgehead atoms. The summed E-state index contributed by atoms with van der Waals surface area (Å²) in [6.07, 6.45) is -0.381. The third-order valence-electron chi connectivity index (χ3n) is 2.61. The van der Waals surface area contributed by atoms with Crippen LogP contribution < -0.4 is 0 Å². The third kappa shape index (κ3) is 3.64. The molecule has 0 aromatic rings. The van der Waals surface area contributed by atoms with E-state index in [1.165, 1.54) is 0 Å². The number of carbonyl (C=O) groups excluding carboxylic acids is 1. The van der Waals surface area contributed by atoms with Crippen LogP contribution in [0.15, 0.2) is 0 Å². The van der Waals surface area contributed by atoms with E-state index >= 15 is 0 Å². The summed E-state index contributed by atoms with van der Waals surface area (Å²) >= 11 is 0. The van der Waals surface area contributed by atoms with Crippen molar-refractivity contribution in [2.75, 3.05) is 19.7 Å². The van der Waals surface area contributed by atoms with Crippen LogP contribution in [0.4, 0.5) is 4.79 Å². The van der Waals surface area contributed by atoms with E-state index in [4.69, 9.17) is 9.84 Å². The number of likely N-dealkylation sites (tertiary alicyclic amines) is 1. The number of hydrogen-bond acceptors (Lipinski definition) is 4. The van der Waals surface area contributed by atoms with Gasteiger partial charge in [0.2, 0.25) is 0 Å². The Labute approximate surface area is 96.0 Å². The average Bonchev–Trinajstić information content (AvgIpc) is 2.62. The maximum atomic E-state index is 11.7. The Balaban J connectivity index is 2.44. The predicted octanol–water partition coefficient (Wildman–Crippen LogP) is 0.597. The second-order valence-electron chi connectivity index (χ2n) is 5.23. The number of carbonyl (C=O) groups is 1. The lowest BCUT2D eigenvalue weighted by Gasteiger charge is -2.24. The highest BCUT2D eigenvalue weighted by Gasteiger charge is 2.32. The molecule has 5 heteroatoms. The molecule has 2 N–H and O–H groups in total. The van der Waals surface area contributed by atoms with Crippen molar-refractivity contribution in [2.45, 2.75) is 38.9 Å². The minimum atomic E-state index is -0.743. The van der Waals surface area contributed by atoms with Crippen molar-refractivity contribution in [2.24, 2.45) is 5.92 Å². The normalized spacial score (nSPS) is 23.3. The smallest absolute Gasteiger partial charge is 0.410 e. The number of ether oxygens (including phenoxy) is 1. The first-order chi connectivity index (χ1) is 7.33. The minimum absolute atomic E-state index is 0.0440. The molecule has 16 heavy (non-hydrogen) atoms. The lowest BCUT2D eigenvalue weighted by Crippen LogP contribution is -2.36. The van der Waals surface area contributed by atoms with Crippen LogP contribution in [-0.2, 0) is 4.74 Å². The van der Waals surface area contributed by atoms with Gasteiger partial charge in [-0.15, -0.1) is 0 Å². The fraction of sp³-hybridized carbons (Fsp3) is 0.909. The molecule has 1 fully saturated rings. The van der Waals surface area contributed by atoms with E-state index in [9.17, 15) is 9.90 Å². The molecular weight excluding hydrogens is 210 g/mol. The zero-order valence-corrected chi connectivity index (χ0v) is 10.1. The van der Waals surface area contributed by atoms with Gasteiger partial charge in [0, 0.05) is 19.0 Å². The van der Waals surface area contributed by atoms with Crippen molar-refractivity contribution in [1.82, 2.24) is 4.90 Å². The highest BCUT2D eigenvalue weighted by atomic mass is 16.6. The summed E-state index contributed by atoms with van der Waals surface area (Å²) in [6.45, 7) is 6.24. The van der Waals surface area contributed by atoms with E-state index in [-0.39, 0.29) is 18.6 Å². The molecule has 1 saturated heterocycles. The molecule has 1 aliphatic rings. The first kappa shape index (κ1) is 13.3. The van der Waals surface area contributed by atoms with Crippen LogP contribution in [0.5, 0.6) is 0 Å². The van der Waals surface area contributed by atoms with Crippen LogP contribution >= 0.6 is 0 Å². The van der Waals surface area contributed by atoms with Crippen LogP contribution in [0.3, 0.4) is 0 Å². The van der Waals surface area contributed by atoms with E-state index in [2.05, 4.69) is 0 Å². The zero-order valence-electron chi connectivity index (χ0n) is 10.1. The van der Waals surface area contributed by atoms with E-state index in [1.807, 2.05) is 20.8 Å². The third-order valence-corrected chi connectivity index (χ3v) is 2.61. The van der Waals surface area contributed by atoms with Crippen molar-refractivity contribution in [3.05, 3.63) is 0 Å². The quantitative estimate of drug-likeness (QED) is 0.730. The van der Waals surface area contributed by atoms with E-state index in [0.29, 0.717) is 19.5 Å². The van der Waals surface area contributed by atoms with Crippen LogP contribution in [0.2, 0.25) is 0 Å². The number of rotatable bonds is 2. The molecule has 1 amide bonds. The van der Waals surface area contributed by atoms with Crippen LogP contribution in [0.25, 0.3) is 0 Å². The Morgan fingerprint density at radius 2 is 2.19 bits per heavy atom. The van der Waals surface area contributed by atoms with Gasteiger partial charge < -0.3 is 19.8 Å². The number of aliphatic hydroxyl groups excluding tert-OH is 2. The Bertz CT molecular complexity index is 249. The monoisotopic (exact) mass is 231 g/mol. The zero-order chi connectivity index (χ0) is 12.3. The first-order valence-corrected chi connectivity index (χ1v) is 5.60. The first-order valence-electron chi connectivity index (χ1n) is 5.60. The van der Waals surface area contributed by atoms with Crippen LogP contribution in [0.1, 0.15) is 27.2 Å². The summed E-state index contributed by atoms with van der Waals surface area (Å²) < 4.78 is 5.23. The van der Waals surface area contributed by atoms with Gasteiger partial charge in [-0.1, -0.05) is 0 Å². The van der Waals surface area contributed by atoms with Gasteiger partial charge in [-0.05, 0) is 27.2 Å². The lowest BCUT2D eigenvalue weighted by molar-refractivity contribution is 0.0230. The summed E-state index contributed by atoms with van der Waals surface area (Å²) in [5, 5.41) is 18.3. The molecule has 2 atom stereocenters. The minimum Gasteiger partial charge on any atom is -0.444 e. The van der Waals surface area contributed by atoms with Crippen molar-refractivity contribution < 1.29 is 19.7 Å². The second-order valence-corrected chi connectivity index (χ2v) is 5.23. The van der Waals surface area contributed by atoms with E-state index in [0.717, 1.165) is 0 Å². The number of amides is 1. The van der Waals surface area contributed by atoms with Crippen molar-refractivity contribution in [3.63, 3.8) is 0 Å². The largest absolute Gasteiger partial charge is 0.444 e. The maximum Gasteiger partial charge on any atom is 0.410 e. The average molecular weight is 231 g/mol. The molecule has 0 spiro atoms. The Morgan fingerprint density at radius 3 is 2.69 bits per heavy atom. The summed E-state index contributed by atoms with van der Waals surface area (Å²) in [6, 6.07) is 0. The van der Waals surface area contributed by atoms with Gasteiger partial charge >= 0.3 is 6.09 Å². The van der Waals surface area contributed by atoms with E-state index in [1.54, 1.807) is 4.90 Å². The molecule has 0 aliphatic carbocycles. The molecule has 1 aliphatic heterocycles. The lowest BCUT2D eigenvalue weighted by atomic mass is 10.0. The number of hydrogen-bond donors (Lipinski definition) is 2. The molecule has 1 rings (SSSR count). The Hall–Kier alpha value is -0.810. The molecular formula is C11H21NO4. The number of nitrogens with zero attached hydrogens (tertiary/aromatic N) is 1. The van der Waals surface area contributed by atoms with Gasteiger partial charge in [-0.2, -0.15) is 0 Å². The molecule has 94 valence electrons. The summed E-state index contributed by atoms with van der Waals surface area (Å²) in [5.74, 6) is -0.0440. The van der Waals surface area contributed by atoms with Crippen molar-refractivity contribution in [3.8, 4) is 0 Å². The van der Waals surface area contributed by atoms with Crippen molar-refractivity contribution in [1.29, 1.82) is 0 Å². The maximum absolute atomic E-state index is 11.7. The van der Waals surface area contributed by atoms with Gasteiger partial charge in [-0.3, -0.25) is 0 Å². The highest BCUT2D eigenvalue weighted by molar-refractivity contribution is 5.68. The fourth-order valence-electron chi connectivity index (χ4n) is 1.74.